The summed E-state index contributed by atoms with van der Waals surface area (Å²) >= 11 is 1.50. The molecule has 1 aromatic carbocycles. The van der Waals surface area contributed by atoms with Crippen molar-refractivity contribution in [2.75, 3.05) is 0 Å². The molecule has 0 bridgehead atoms. The predicted molar refractivity (Wildman–Crippen MR) is 69.2 cm³/mol. The number of hydrogen-bond acceptors (Lipinski definition) is 4. The Bertz CT molecular complexity index is 587. The SMILES string of the molecule is CC(NC(=O)c1cccc(C#N)c1)c1nccs1. The Labute approximate surface area is 109 Å². The fourth-order valence-electron chi connectivity index (χ4n) is 1.52. The molecule has 2 aromatic rings. The lowest BCUT2D eigenvalue weighted by Gasteiger charge is -2.11. The molecule has 0 saturated carbocycles. The zero-order chi connectivity index (χ0) is 13.0. The topological polar surface area (TPSA) is 65.8 Å². The van der Waals surface area contributed by atoms with E-state index in [4.69, 9.17) is 5.26 Å². The summed E-state index contributed by atoms with van der Waals surface area (Å²) in [4.78, 5) is 16.1. The smallest absolute Gasteiger partial charge is 0.251 e. The van der Waals surface area contributed by atoms with Crippen molar-refractivity contribution in [1.82, 2.24) is 10.3 Å². The third-order valence-corrected chi connectivity index (χ3v) is 3.38. The number of carbonyl (C=O) groups excluding carboxylic acids is 1. The van der Waals surface area contributed by atoms with Crippen molar-refractivity contribution >= 4 is 17.2 Å². The Morgan fingerprint density at radius 1 is 1.56 bits per heavy atom. The molecule has 2 rings (SSSR count). The highest BCUT2D eigenvalue weighted by atomic mass is 32.1. The normalized spacial score (nSPS) is 11.6. The second-order valence-electron chi connectivity index (χ2n) is 3.76. The van der Waals surface area contributed by atoms with Gasteiger partial charge in [-0.1, -0.05) is 6.07 Å². The van der Waals surface area contributed by atoms with E-state index in [1.165, 1.54) is 11.3 Å². The van der Waals surface area contributed by atoms with Gasteiger partial charge in [-0.05, 0) is 25.1 Å². The zero-order valence-corrected chi connectivity index (χ0v) is 10.6. The average molecular weight is 257 g/mol. The van der Waals surface area contributed by atoms with Crippen molar-refractivity contribution in [1.29, 1.82) is 5.26 Å². The van der Waals surface area contributed by atoms with Crippen LogP contribution in [0.4, 0.5) is 0 Å². The van der Waals surface area contributed by atoms with Gasteiger partial charge >= 0.3 is 0 Å². The largest absolute Gasteiger partial charge is 0.343 e. The Morgan fingerprint density at radius 3 is 3.06 bits per heavy atom. The molecule has 0 radical (unpaired) electrons. The Hall–Kier alpha value is -2.19. The van der Waals surface area contributed by atoms with Gasteiger partial charge in [-0.15, -0.1) is 11.3 Å². The van der Waals surface area contributed by atoms with Crippen molar-refractivity contribution < 1.29 is 4.79 Å². The number of rotatable bonds is 3. The molecule has 4 nitrogen and oxygen atoms in total. The summed E-state index contributed by atoms with van der Waals surface area (Å²) < 4.78 is 0. The van der Waals surface area contributed by atoms with Crippen LogP contribution in [0.1, 0.15) is 33.9 Å². The lowest BCUT2D eigenvalue weighted by atomic mass is 10.1. The first-order valence-electron chi connectivity index (χ1n) is 5.41. The molecule has 1 amide bonds. The molecule has 0 aliphatic carbocycles. The van der Waals surface area contributed by atoms with Crippen LogP contribution in [0.3, 0.4) is 0 Å². The van der Waals surface area contributed by atoms with Gasteiger partial charge in [0.25, 0.3) is 5.91 Å². The summed E-state index contributed by atoms with van der Waals surface area (Å²) in [6.45, 7) is 1.88. The maximum atomic E-state index is 12.0. The van der Waals surface area contributed by atoms with Crippen LogP contribution in [0.5, 0.6) is 0 Å². The first kappa shape index (κ1) is 12.3. The standard InChI is InChI=1S/C13H11N3OS/c1-9(13-15-5-6-18-13)16-12(17)11-4-2-3-10(7-11)8-14/h2-7,9H,1H3,(H,16,17). The highest BCUT2D eigenvalue weighted by Crippen LogP contribution is 2.15. The quantitative estimate of drug-likeness (QED) is 0.918. The number of nitrogens with one attached hydrogen (secondary N) is 1. The van der Waals surface area contributed by atoms with E-state index in [1.807, 2.05) is 18.4 Å². The van der Waals surface area contributed by atoms with E-state index in [0.717, 1.165) is 5.01 Å². The van der Waals surface area contributed by atoms with Crippen LogP contribution in [-0.4, -0.2) is 10.9 Å². The van der Waals surface area contributed by atoms with E-state index >= 15 is 0 Å². The Morgan fingerprint density at radius 2 is 2.39 bits per heavy atom. The van der Waals surface area contributed by atoms with Gasteiger partial charge in [-0.2, -0.15) is 5.26 Å². The fraction of sp³-hybridized carbons (Fsp3) is 0.154. The Kier molecular flexibility index (Phi) is 3.70. The molecule has 0 aliphatic rings. The number of nitriles is 1. The van der Waals surface area contributed by atoms with E-state index in [2.05, 4.69) is 10.3 Å². The second-order valence-corrected chi connectivity index (χ2v) is 4.68. The average Bonchev–Trinajstić information content (AvgIpc) is 2.92. The van der Waals surface area contributed by atoms with Crippen LogP contribution in [-0.2, 0) is 0 Å². The molecule has 18 heavy (non-hydrogen) atoms. The minimum absolute atomic E-state index is 0.136. The summed E-state index contributed by atoms with van der Waals surface area (Å²) in [5, 5.41) is 14.4. The van der Waals surface area contributed by atoms with Gasteiger partial charge in [0, 0.05) is 17.1 Å². The lowest BCUT2D eigenvalue weighted by molar-refractivity contribution is 0.0940. The van der Waals surface area contributed by atoms with Gasteiger partial charge in [0.2, 0.25) is 0 Å². The molecule has 1 unspecified atom stereocenters. The van der Waals surface area contributed by atoms with Gasteiger partial charge in [0.05, 0.1) is 17.7 Å². The fourth-order valence-corrected chi connectivity index (χ4v) is 2.17. The van der Waals surface area contributed by atoms with Gasteiger partial charge in [-0.25, -0.2) is 4.98 Å². The highest BCUT2D eigenvalue weighted by Gasteiger charge is 2.13. The highest BCUT2D eigenvalue weighted by molar-refractivity contribution is 7.09. The molecule has 1 N–H and O–H groups in total. The van der Waals surface area contributed by atoms with Crippen LogP contribution < -0.4 is 5.32 Å². The molecular formula is C13H11N3OS. The van der Waals surface area contributed by atoms with Gasteiger partial charge < -0.3 is 5.32 Å². The summed E-state index contributed by atoms with van der Waals surface area (Å²) in [5.41, 5.74) is 0.960. The van der Waals surface area contributed by atoms with Crippen LogP contribution >= 0.6 is 11.3 Å². The third-order valence-electron chi connectivity index (χ3n) is 2.42. The van der Waals surface area contributed by atoms with Crippen molar-refractivity contribution in [3.8, 4) is 6.07 Å². The monoisotopic (exact) mass is 257 g/mol. The van der Waals surface area contributed by atoms with Crippen LogP contribution in [0, 0.1) is 11.3 Å². The van der Waals surface area contributed by atoms with Gasteiger partial charge in [0.1, 0.15) is 5.01 Å². The van der Waals surface area contributed by atoms with E-state index in [9.17, 15) is 4.79 Å². The van der Waals surface area contributed by atoms with Gasteiger partial charge in [0.15, 0.2) is 0 Å². The summed E-state index contributed by atoms with van der Waals surface area (Å²) in [7, 11) is 0. The first-order chi connectivity index (χ1) is 8.70. The van der Waals surface area contributed by atoms with E-state index in [0.29, 0.717) is 11.1 Å². The maximum Gasteiger partial charge on any atom is 0.251 e. The van der Waals surface area contributed by atoms with Crippen molar-refractivity contribution in [3.63, 3.8) is 0 Å². The van der Waals surface area contributed by atoms with E-state index < -0.39 is 0 Å². The molecule has 1 heterocycles. The third kappa shape index (κ3) is 2.73. The number of amides is 1. The van der Waals surface area contributed by atoms with Crippen molar-refractivity contribution in [3.05, 3.63) is 52.0 Å². The first-order valence-corrected chi connectivity index (χ1v) is 6.29. The summed E-state index contributed by atoms with van der Waals surface area (Å²) in [6.07, 6.45) is 1.71. The van der Waals surface area contributed by atoms with Crippen molar-refractivity contribution in [2.45, 2.75) is 13.0 Å². The van der Waals surface area contributed by atoms with E-state index in [1.54, 1.807) is 30.5 Å². The lowest BCUT2D eigenvalue weighted by Crippen LogP contribution is -2.26. The molecule has 0 aliphatic heterocycles. The summed E-state index contributed by atoms with van der Waals surface area (Å²) in [5.74, 6) is -0.199. The number of benzene rings is 1. The number of carbonyl (C=O) groups is 1. The summed E-state index contributed by atoms with van der Waals surface area (Å²) in [6, 6.07) is 8.50. The number of hydrogen-bond donors (Lipinski definition) is 1. The number of nitrogens with zero attached hydrogens (tertiary/aromatic N) is 2. The van der Waals surface area contributed by atoms with Gasteiger partial charge in [-0.3, -0.25) is 4.79 Å². The zero-order valence-electron chi connectivity index (χ0n) is 9.75. The molecule has 1 aromatic heterocycles. The molecule has 5 heteroatoms. The predicted octanol–water partition coefficient (Wildman–Crippen LogP) is 2.51. The molecule has 0 saturated heterocycles. The maximum absolute atomic E-state index is 12.0. The number of aromatic nitrogens is 1. The molecule has 1 atom stereocenters. The van der Waals surface area contributed by atoms with Crippen LogP contribution in [0.2, 0.25) is 0 Å². The number of thiazole rings is 1. The van der Waals surface area contributed by atoms with Crippen LogP contribution in [0.15, 0.2) is 35.8 Å². The van der Waals surface area contributed by atoms with Crippen molar-refractivity contribution in [2.24, 2.45) is 0 Å². The molecule has 0 fully saturated rings. The molecular weight excluding hydrogens is 246 g/mol. The van der Waals surface area contributed by atoms with E-state index in [-0.39, 0.29) is 11.9 Å². The van der Waals surface area contributed by atoms with Crippen LogP contribution in [0.25, 0.3) is 0 Å². The molecule has 0 spiro atoms. The Balaban J connectivity index is 2.10. The minimum Gasteiger partial charge on any atom is -0.343 e. The molecule has 90 valence electrons. The second kappa shape index (κ2) is 5.43. The minimum atomic E-state index is -0.199.